The minimum Gasteiger partial charge on any atom is -0.324 e. The lowest BCUT2D eigenvalue weighted by Gasteiger charge is -2.18. The normalized spacial score (nSPS) is 38.2. The fraction of sp³-hybridized carbons (Fsp3) is 1.00. The standard InChI is InChI=1S/C6H13NO2S/c1-2-6(7)3-4-10(8,9)5-6/h2-5,7H2,1H3. The van der Waals surface area contributed by atoms with E-state index in [0.717, 1.165) is 6.42 Å². The molecular formula is C6H13NO2S. The highest BCUT2D eigenvalue weighted by Crippen LogP contribution is 2.23. The molecule has 1 rings (SSSR count). The van der Waals surface area contributed by atoms with E-state index < -0.39 is 15.4 Å². The average molecular weight is 163 g/mol. The molecule has 10 heavy (non-hydrogen) atoms. The number of rotatable bonds is 1. The van der Waals surface area contributed by atoms with Gasteiger partial charge in [0.05, 0.1) is 11.5 Å². The molecule has 0 radical (unpaired) electrons. The molecule has 0 bridgehead atoms. The minimum atomic E-state index is -2.79. The molecule has 0 aromatic carbocycles. The van der Waals surface area contributed by atoms with Gasteiger partial charge >= 0.3 is 0 Å². The Kier molecular flexibility index (Phi) is 1.76. The van der Waals surface area contributed by atoms with E-state index in [1.807, 2.05) is 6.92 Å². The predicted molar refractivity (Wildman–Crippen MR) is 40.5 cm³/mol. The third-order valence-corrected chi connectivity index (χ3v) is 3.96. The summed E-state index contributed by atoms with van der Waals surface area (Å²) < 4.78 is 21.9. The first kappa shape index (κ1) is 8.01. The van der Waals surface area contributed by atoms with Gasteiger partial charge in [-0.15, -0.1) is 0 Å². The summed E-state index contributed by atoms with van der Waals surface area (Å²) in [5, 5.41) is 0. The Morgan fingerprint density at radius 2 is 2.20 bits per heavy atom. The fourth-order valence-corrected chi connectivity index (χ4v) is 3.31. The molecule has 0 saturated carbocycles. The average Bonchev–Trinajstić information content (AvgIpc) is 2.08. The van der Waals surface area contributed by atoms with Crippen molar-refractivity contribution in [2.75, 3.05) is 11.5 Å². The summed E-state index contributed by atoms with van der Waals surface area (Å²) in [7, 11) is -2.79. The van der Waals surface area contributed by atoms with Gasteiger partial charge in [0.1, 0.15) is 0 Å². The topological polar surface area (TPSA) is 60.2 Å². The lowest BCUT2D eigenvalue weighted by atomic mass is 9.98. The zero-order valence-electron chi connectivity index (χ0n) is 6.13. The molecule has 1 unspecified atom stereocenters. The van der Waals surface area contributed by atoms with Crippen LogP contribution in [0, 0.1) is 0 Å². The lowest BCUT2D eigenvalue weighted by Crippen LogP contribution is -2.39. The van der Waals surface area contributed by atoms with Crippen LogP contribution in [-0.4, -0.2) is 25.5 Å². The van der Waals surface area contributed by atoms with E-state index in [4.69, 9.17) is 5.73 Å². The molecule has 0 aromatic heterocycles. The molecule has 0 aliphatic carbocycles. The van der Waals surface area contributed by atoms with Crippen LogP contribution in [0.25, 0.3) is 0 Å². The fourth-order valence-electron chi connectivity index (χ4n) is 1.22. The third kappa shape index (κ3) is 1.49. The molecule has 1 heterocycles. The Morgan fingerprint density at radius 1 is 1.60 bits per heavy atom. The van der Waals surface area contributed by atoms with Crippen LogP contribution >= 0.6 is 0 Å². The smallest absolute Gasteiger partial charge is 0.152 e. The molecule has 0 spiro atoms. The quantitative estimate of drug-likeness (QED) is 0.588. The Balaban J connectivity index is 2.76. The monoisotopic (exact) mass is 163 g/mol. The SMILES string of the molecule is CCC1(N)CCS(=O)(=O)C1. The molecule has 60 valence electrons. The number of sulfone groups is 1. The highest BCUT2D eigenvalue weighted by molar-refractivity contribution is 7.91. The maximum Gasteiger partial charge on any atom is 0.152 e. The van der Waals surface area contributed by atoms with Crippen LogP contribution in [0.3, 0.4) is 0 Å². The largest absolute Gasteiger partial charge is 0.324 e. The second-order valence-electron chi connectivity index (χ2n) is 3.06. The molecule has 1 atom stereocenters. The number of hydrogen-bond donors (Lipinski definition) is 1. The van der Waals surface area contributed by atoms with Crippen molar-refractivity contribution in [1.82, 2.24) is 0 Å². The molecule has 1 fully saturated rings. The van der Waals surface area contributed by atoms with Crippen molar-refractivity contribution in [3.63, 3.8) is 0 Å². The molecule has 0 aromatic rings. The summed E-state index contributed by atoms with van der Waals surface area (Å²) in [5.41, 5.74) is 5.34. The molecule has 1 saturated heterocycles. The Morgan fingerprint density at radius 3 is 2.40 bits per heavy atom. The maximum atomic E-state index is 10.9. The van der Waals surface area contributed by atoms with Crippen molar-refractivity contribution < 1.29 is 8.42 Å². The summed E-state index contributed by atoms with van der Waals surface area (Å²) >= 11 is 0. The van der Waals surface area contributed by atoms with Crippen molar-refractivity contribution in [3.05, 3.63) is 0 Å². The van der Waals surface area contributed by atoms with Crippen LogP contribution in [-0.2, 0) is 9.84 Å². The van der Waals surface area contributed by atoms with E-state index in [0.29, 0.717) is 6.42 Å². The van der Waals surface area contributed by atoms with Gasteiger partial charge in [0.15, 0.2) is 9.84 Å². The number of nitrogens with two attached hydrogens (primary N) is 1. The highest BCUT2D eigenvalue weighted by Gasteiger charge is 2.37. The first-order valence-electron chi connectivity index (χ1n) is 3.47. The van der Waals surface area contributed by atoms with E-state index in [2.05, 4.69) is 0 Å². The van der Waals surface area contributed by atoms with E-state index >= 15 is 0 Å². The first-order chi connectivity index (χ1) is 4.47. The minimum absolute atomic E-state index is 0.177. The van der Waals surface area contributed by atoms with Crippen molar-refractivity contribution in [2.24, 2.45) is 5.73 Å². The van der Waals surface area contributed by atoms with E-state index in [1.165, 1.54) is 0 Å². The van der Waals surface area contributed by atoms with Crippen LogP contribution in [0.1, 0.15) is 19.8 Å². The molecule has 3 nitrogen and oxygen atoms in total. The van der Waals surface area contributed by atoms with Crippen molar-refractivity contribution in [1.29, 1.82) is 0 Å². The third-order valence-electron chi connectivity index (χ3n) is 2.12. The number of hydrogen-bond acceptors (Lipinski definition) is 3. The van der Waals surface area contributed by atoms with Gasteiger partial charge in [-0.25, -0.2) is 8.42 Å². The van der Waals surface area contributed by atoms with Crippen molar-refractivity contribution in [2.45, 2.75) is 25.3 Å². The van der Waals surface area contributed by atoms with Crippen molar-refractivity contribution in [3.8, 4) is 0 Å². The van der Waals surface area contributed by atoms with Crippen LogP contribution < -0.4 is 5.73 Å². The molecule has 0 amide bonds. The molecule has 2 N–H and O–H groups in total. The van der Waals surface area contributed by atoms with Crippen molar-refractivity contribution >= 4 is 9.84 Å². The Hall–Kier alpha value is -0.0900. The second kappa shape index (κ2) is 2.20. The first-order valence-corrected chi connectivity index (χ1v) is 5.29. The lowest BCUT2D eigenvalue weighted by molar-refractivity contribution is 0.463. The zero-order valence-corrected chi connectivity index (χ0v) is 6.95. The highest BCUT2D eigenvalue weighted by atomic mass is 32.2. The summed E-state index contributed by atoms with van der Waals surface area (Å²) in [4.78, 5) is 0. The van der Waals surface area contributed by atoms with Gasteiger partial charge in [-0.05, 0) is 12.8 Å². The maximum absolute atomic E-state index is 10.9. The van der Waals surface area contributed by atoms with Gasteiger partial charge in [-0.1, -0.05) is 6.92 Å². The Labute approximate surface area is 61.5 Å². The molecule has 4 heteroatoms. The van der Waals surface area contributed by atoms with Crippen LogP contribution in [0.4, 0.5) is 0 Å². The van der Waals surface area contributed by atoms with E-state index in [-0.39, 0.29) is 11.5 Å². The predicted octanol–water partition coefficient (Wildman–Crippen LogP) is -0.0876. The van der Waals surface area contributed by atoms with Gasteiger partial charge < -0.3 is 5.73 Å². The van der Waals surface area contributed by atoms with Gasteiger partial charge in [-0.2, -0.15) is 0 Å². The summed E-state index contributed by atoms with van der Waals surface area (Å²) in [6, 6.07) is 0. The summed E-state index contributed by atoms with van der Waals surface area (Å²) in [5.74, 6) is 0.452. The van der Waals surface area contributed by atoms with Gasteiger partial charge in [0.25, 0.3) is 0 Å². The van der Waals surface area contributed by atoms with Gasteiger partial charge in [-0.3, -0.25) is 0 Å². The van der Waals surface area contributed by atoms with Gasteiger partial charge in [0.2, 0.25) is 0 Å². The molecular weight excluding hydrogens is 150 g/mol. The van der Waals surface area contributed by atoms with Crippen LogP contribution in [0.15, 0.2) is 0 Å². The zero-order chi connectivity index (χ0) is 7.83. The van der Waals surface area contributed by atoms with Crippen LogP contribution in [0.5, 0.6) is 0 Å². The van der Waals surface area contributed by atoms with Gasteiger partial charge in [0, 0.05) is 5.54 Å². The summed E-state index contributed by atoms with van der Waals surface area (Å²) in [6.45, 7) is 1.93. The van der Waals surface area contributed by atoms with E-state index in [9.17, 15) is 8.42 Å². The summed E-state index contributed by atoms with van der Waals surface area (Å²) in [6.07, 6.45) is 1.39. The Bertz CT molecular complexity index is 222. The molecule has 1 aliphatic rings. The van der Waals surface area contributed by atoms with Crippen LogP contribution in [0.2, 0.25) is 0 Å². The second-order valence-corrected chi connectivity index (χ2v) is 5.24. The van der Waals surface area contributed by atoms with E-state index in [1.54, 1.807) is 0 Å². The molecule has 1 aliphatic heterocycles.